The lowest BCUT2D eigenvalue weighted by molar-refractivity contribution is 0.287. The lowest BCUT2D eigenvalue weighted by Gasteiger charge is -2.10. The highest BCUT2D eigenvalue weighted by atomic mass is 32.2. The third-order valence-corrected chi connectivity index (χ3v) is 4.82. The van der Waals surface area contributed by atoms with Crippen LogP contribution in [0.5, 0.6) is 0 Å². The van der Waals surface area contributed by atoms with E-state index < -0.39 is 0 Å². The molecule has 0 radical (unpaired) electrons. The second kappa shape index (κ2) is 7.34. The summed E-state index contributed by atoms with van der Waals surface area (Å²) in [6, 6.07) is 6.65. The van der Waals surface area contributed by atoms with Gasteiger partial charge in [0.1, 0.15) is 10.9 Å². The topological polar surface area (TPSA) is 38.1 Å². The summed E-state index contributed by atoms with van der Waals surface area (Å²) in [5.41, 5.74) is 3.73. The largest absolute Gasteiger partial charge is 0.396 e. The van der Waals surface area contributed by atoms with Crippen LogP contribution in [0.2, 0.25) is 0 Å². The van der Waals surface area contributed by atoms with Gasteiger partial charge < -0.3 is 9.67 Å². The Balaban J connectivity index is 2.37. The van der Waals surface area contributed by atoms with Crippen LogP contribution < -0.4 is 0 Å². The molecule has 1 aromatic heterocycles. The molecule has 1 heterocycles. The zero-order valence-corrected chi connectivity index (χ0v) is 15.0. The number of rotatable bonds is 6. The van der Waals surface area contributed by atoms with E-state index in [-0.39, 0.29) is 6.61 Å². The van der Waals surface area contributed by atoms with E-state index in [0.717, 1.165) is 24.4 Å². The van der Waals surface area contributed by atoms with E-state index in [9.17, 15) is 0 Å². The first-order valence-electron chi connectivity index (χ1n) is 7.85. The first-order valence-corrected chi connectivity index (χ1v) is 8.66. The van der Waals surface area contributed by atoms with Gasteiger partial charge in [-0.25, -0.2) is 4.98 Å². The fourth-order valence-corrected chi connectivity index (χ4v) is 3.95. The molecule has 0 aliphatic rings. The first-order chi connectivity index (χ1) is 10.4. The lowest BCUT2D eigenvalue weighted by atomic mass is 10.1. The molecule has 2 aromatic rings. The first kappa shape index (κ1) is 17.1. The van der Waals surface area contributed by atoms with Crippen molar-refractivity contribution >= 4 is 11.8 Å². The smallest absolute Gasteiger partial charge is 0.109 e. The standard InChI is InChI=1S/C18H26N2OS/c1-12(2)17-18(20(5)16(19-17)7-6-8-21)22-15-10-13(3)9-14(4)11-15/h9-12,21H,6-8H2,1-5H3. The third kappa shape index (κ3) is 3.93. The quantitative estimate of drug-likeness (QED) is 0.866. The Bertz CT molecular complexity index is 627. The van der Waals surface area contributed by atoms with E-state index in [1.807, 2.05) is 0 Å². The van der Waals surface area contributed by atoms with Gasteiger partial charge in [-0.15, -0.1) is 0 Å². The maximum absolute atomic E-state index is 9.06. The number of nitrogens with zero attached hydrogens (tertiary/aromatic N) is 2. The molecule has 0 bridgehead atoms. The molecule has 120 valence electrons. The van der Waals surface area contributed by atoms with Crippen molar-refractivity contribution in [1.82, 2.24) is 9.55 Å². The van der Waals surface area contributed by atoms with Crippen molar-refractivity contribution in [2.75, 3.05) is 6.61 Å². The van der Waals surface area contributed by atoms with Crippen molar-refractivity contribution in [1.29, 1.82) is 0 Å². The van der Waals surface area contributed by atoms with Crippen LogP contribution in [0.1, 0.15) is 48.8 Å². The maximum atomic E-state index is 9.06. The van der Waals surface area contributed by atoms with Crippen LogP contribution in [0, 0.1) is 13.8 Å². The van der Waals surface area contributed by atoms with Crippen molar-refractivity contribution in [3.8, 4) is 0 Å². The molecular weight excluding hydrogens is 292 g/mol. The van der Waals surface area contributed by atoms with Gasteiger partial charge in [0, 0.05) is 25.0 Å². The number of aryl methyl sites for hydroxylation is 3. The van der Waals surface area contributed by atoms with Crippen LogP contribution >= 0.6 is 11.8 Å². The number of benzene rings is 1. The fourth-order valence-electron chi connectivity index (χ4n) is 2.61. The molecule has 22 heavy (non-hydrogen) atoms. The van der Waals surface area contributed by atoms with E-state index in [4.69, 9.17) is 10.1 Å². The van der Waals surface area contributed by atoms with Gasteiger partial charge in [-0.3, -0.25) is 0 Å². The predicted molar refractivity (Wildman–Crippen MR) is 92.7 cm³/mol. The highest BCUT2D eigenvalue weighted by Crippen LogP contribution is 2.35. The second-order valence-corrected chi connectivity index (χ2v) is 7.25. The highest BCUT2D eigenvalue weighted by Gasteiger charge is 2.18. The summed E-state index contributed by atoms with van der Waals surface area (Å²) in [5.74, 6) is 1.45. The summed E-state index contributed by atoms with van der Waals surface area (Å²) in [5, 5.41) is 10.3. The van der Waals surface area contributed by atoms with Crippen LogP contribution in [0.15, 0.2) is 28.1 Å². The molecule has 2 rings (SSSR count). The second-order valence-electron chi connectivity index (χ2n) is 6.18. The number of imidazole rings is 1. The molecule has 0 unspecified atom stereocenters. The molecule has 3 nitrogen and oxygen atoms in total. The molecule has 0 saturated carbocycles. The Morgan fingerprint density at radius 2 is 1.82 bits per heavy atom. The molecular formula is C18H26N2OS. The number of hydrogen-bond acceptors (Lipinski definition) is 3. The number of aliphatic hydroxyl groups is 1. The Morgan fingerprint density at radius 3 is 2.36 bits per heavy atom. The zero-order chi connectivity index (χ0) is 16.3. The zero-order valence-electron chi connectivity index (χ0n) is 14.2. The molecule has 0 saturated heterocycles. The van der Waals surface area contributed by atoms with Crippen LogP contribution in [0.3, 0.4) is 0 Å². The minimum atomic E-state index is 0.212. The predicted octanol–water partition coefficient (Wildman–Crippen LogP) is 4.24. The Labute approximate surface area is 137 Å². The van der Waals surface area contributed by atoms with Gasteiger partial charge in [-0.2, -0.15) is 0 Å². The van der Waals surface area contributed by atoms with Crippen molar-refractivity contribution in [3.05, 3.63) is 40.8 Å². The van der Waals surface area contributed by atoms with Gasteiger partial charge >= 0.3 is 0 Å². The summed E-state index contributed by atoms with van der Waals surface area (Å²) < 4.78 is 2.19. The van der Waals surface area contributed by atoms with Crippen molar-refractivity contribution in [2.45, 2.75) is 56.4 Å². The average Bonchev–Trinajstić information content (AvgIpc) is 2.73. The molecule has 0 amide bonds. The summed E-state index contributed by atoms with van der Waals surface area (Å²) >= 11 is 1.79. The monoisotopic (exact) mass is 318 g/mol. The number of aliphatic hydroxyl groups excluding tert-OH is 1. The highest BCUT2D eigenvalue weighted by molar-refractivity contribution is 7.99. The molecule has 1 aromatic carbocycles. The average molecular weight is 318 g/mol. The normalized spacial score (nSPS) is 11.4. The van der Waals surface area contributed by atoms with Crippen molar-refractivity contribution < 1.29 is 5.11 Å². The Morgan fingerprint density at radius 1 is 1.18 bits per heavy atom. The summed E-state index contributed by atoms with van der Waals surface area (Å²) in [4.78, 5) is 6.08. The SMILES string of the molecule is Cc1cc(C)cc(Sc2c(C(C)C)nc(CCCO)n2C)c1. The minimum Gasteiger partial charge on any atom is -0.396 e. The van der Waals surface area contributed by atoms with E-state index in [1.165, 1.54) is 21.0 Å². The fraction of sp³-hybridized carbons (Fsp3) is 0.500. The van der Waals surface area contributed by atoms with E-state index in [0.29, 0.717) is 5.92 Å². The van der Waals surface area contributed by atoms with Gasteiger partial charge in [0.15, 0.2) is 0 Å². The van der Waals surface area contributed by atoms with Gasteiger partial charge in [0.25, 0.3) is 0 Å². The van der Waals surface area contributed by atoms with Gasteiger partial charge in [0.2, 0.25) is 0 Å². The molecule has 0 spiro atoms. The van der Waals surface area contributed by atoms with E-state index in [2.05, 4.69) is 57.5 Å². The maximum Gasteiger partial charge on any atom is 0.109 e. The lowest BCUT2D eigenvalue weighted by Crippen LogP contribution is -2.00. The third-order valence-electron chi connectivity index (χ3n) is 3.68. The van der Waals surface area contributed by atoms with Gasteiger partial charge in [-0.1, -0.05) is 31.7 Å². The van der Waals surface area contributed by atoms with E-state index in [1.54, 1.807) is 11.8 Å². The number of hydrogen-bond donors (Lipinski definition) is 1. The van der Waals surface area contributed by atoms with E-state index >= 15 is 0 Å². The van der Waals surface area contributed by atoms with Crippen LogP contribution in [-0.2, 0) is 13.5 Å². The molecule has 0 fully saturated rings. The summed E-state index contributed by atoms with van der Waals surface area (Å²) in [6.45, 7) is 8.85. The Hall–Kier alpha value is -1.26. The van der Waals surface area contributed by atoms with Gasteiger partial charge in [-0.05, 0) is 49.4 Å². The Kier molecular flexibility index (Phi) is 5.70. The summed E-state index contributed by atoms with van der Waals surface area (Å²) in [7, 11) is 2.08. The van der Waals surface area contributed by atoms with Crippen molar-refractivity contribution in [2.24, 2.45) is 7.05 Å². The molecule has 1 N–H and O–H groups in total. The van der Waals surface area contributed by atoms with Crippen molar-refractivity contribution in [3.63, 3.8) is 0 Å². The molecule has 0 aliphatic carbocycles. The molecule has 0 aliphatic heterocycles. The minimum absolute atomic E-state index is 0.212. The van der Waals surface area contributed by atoms with Gasteiger partial charge in [0.05, 0.1) is 5.69 Å². The molecule has 4 heteroatoms. The molecule has 0 atom stereocenters. The van der Waals surface area contributed by atoms with Crippen LogP contribution in [0.4, 0.5) is 0 Å². The summed E-state index contributed by atoms with van der Waals surface area (Å²) in [6.07, 6.45) is 1.58. The van der Waals surface area contributed by atoms with Crippen LogP contribution in [0.25, 0.3) is 0 Å². The van der Waals surface area contributed by atoms with Crippen LogP contribution in [-0.4, -0.2) is 21.3 Å². The number of aromatic nitrogens is 2.